The first-order valence-electron chi connectivity index (χ1n) is 14.1. The van der Waals surface area contributed by atoms with Gasteiger partial charge in [-0.05, 0) is 61.4 Å². The summed E-state index contributed by atoms with van der Waals surface area (Å²) in [4.78, 5) is 29.6. The van der Waals surface area contributed by atoms with E-state index in [9.17, 15) is 18.0 Å². The van der Waals surface area contributed by atoms with Gasteiger partial charge in [-0.3, -0.25) is 13.9 Å². The maximum atomic E-state index is 14.4. The van der Waals surface area contributed by atoms with Gasteiger partial charge in [-0.25, -0.2) is 8.42 Å². The number of anilines is 1. The highest BCUT2D eigenvalue weighted by Gasteiger charge is 2.34. The van der Waals surface area contributed by atoms with Crippen LogP contribution in [0.4, 0.5) is 5.69 Å². The van der Waals surface area contributed by atoms with Crippen molar-refractivity contribution in [3.05, 3.63) is 126 Å². The minimum Gasteiger partial charge on any atom is -0.497 e. The molecule has 43 heavy (non-hydrogen) atoms. The molecule has 0 saturated carbocycles. The first-order valence-corrected chi connectivity index (χ1v) is 15.5. The normalized spacial score (nSPS) is 11.9. The summed E-state index contributed by atoms with van der Waals surface area (Å²) in [6.45, 7) is 3.32. The van der Waals surface area contributed by atoms with Crippen molar-refractivity contribution in [1.82, 2.24) is 10.2 Å². The summed E-state index contributed by atoms with van der Waals surface area (Å²) < 4.78 is 34.3. The number of rotatable bonds is 13. The van der Waals surface area contributed by atoms with Crippen LogP contribution in [-0.2, 0) is 32.6 Å². The average molecular weight is 600 g/mol. The molecule has 9 heteroatoms. The van der Waals surface area contributed by atoms with Gasteiger partial charge >= 0.3 is 0 Å². The van der Waals surface area contributed by atoms with E-state index in [1.165, 1.54) is 24.1 Å². The van der Waals surface area contributed by atoms with Crippen molar-refractivity contribution in [3.63, 3.8) is 0 Å². The number of hydrogen-bond acceptors (Lipinski definition) is 5. The molecular formula is C34H37N3O5S. The van der Waals surface area contributed by atoms with Crippen LogP contribution in [0.1, 0.15) is 25.0 Å². The minimum atomic E-state index is -4.15. The molecule has 0 spiro atoms. The van der Waals surface area contributed by atoms with E-state index in [0.29, 0.717) is 11.4 Å². The molecule has 0 aliphatic carbocycles. The lowest BCUT2D eigenvalue weighted by molar-refractivity contribution is -0.140. The number of carbonyl (C=O) groups is 2. The van der Waals surface area contributed by atoms with E-state index in [1.54, 1.807) is 42.5 Å². The number of sulfonamides is 1. The van der Waals surface area contributed by atoms with Gasteiger partial charge in [0.2, 0.25) is 11.8 Å². The molecule has 224 valence electrons. The summed E-state index contributed by atoms with van der Waals surface area (Å²) in [6, 6.07) is 32.2. The number of amides is 2. The SMILES string of the molecule is COc1ccc(N(CC(=O)N(Cc2ccccc2)[C@H](Cc2ccccc2)C(=O)NC(C)C)S(=O)(=O)c2ccccc2)cc1. The van der Waals surface area contributed by atoms with E-state index >= 15 is 0 Å². The highest BCUT2D eigenvalue weighted by molar-refractivity contribution is 7.92. The number of ether oxygens (including phenoxy) is 1. The second-order valence-electron chi connectivity index (χ2n) is 10.4. The average Bonchev–Trinajstić information content (AvgIpc) is 3.02. The van der Waals surface area contributed by atoms with E-state index in [4.69, 9.17) is 4.74 Å². The van der Waals surface area contributed by atoms with Crippen LogP contribution in [-0.4, -0.2) is 50.9 Å². The predicted molar refractivity (Wildman–Crippen MR) is 168 cm³/mol. The molecule has 0 radical (unpaired) electrons. The summed E-state index contributed by atoms with van der Waals surface area (Å²) in [5.74, 6) is -0.282. The van der Waals surface area contributed by atoms with Crippen LogP contribution in [0.5, 0.6) is 5.75 Å². The Bertz CT molecular complexity index is 1580. The maximum absolute atomic E-state index is 14.4. The van der Waals surface area contributed by atoms with Crippen LogP contribution >= 0.6 is 0 Å². The van der Waals surface area contributed by atoms with Crippen molar-refractivity contribution in [2.24, 2.45) is 0 Å². The number of methoxy groups -OCH3 is 1. The highest BCUT2D eigenvalue weighted by atomic mass is 32.2. The molecule has 4 aromatic rings. The Morgan fingerprint density at radius 2 is 1.30 bits per heavy atom. The predicted octanol–water partition coefficient (Wildman–Crippen LogP) is 5.06. The van der Waals surface area contributed by atoms with Crippen LogP contribution in [0.25, 0.3) is 0 Å². The van der Waals surface area contributed by atoms with Crippen LogP contribution in [0.3, 0.4) is 0 Å². The molecule has 0 aromatic heterocycles. The van der Waals surface area contributed by atoms with Crippen molar-refractivity contribution < 1.29 is 22.7 Å². The fraction of sp³-hybridized carbons (Fsp3) is 0.235. The molecule has 4 rings (SSSR count). The lowest BCUT2D eigenvalue weighted by atomic mass is 10.0. The molecule has 1 N–H and O–H groups in total. The van der Waals surface area contributed by atoms with Gasteiger partial charge in [-0.15, -0.1) is 0 Å². The van der Waals surface area contributed by atoms with E-state index in [2.05, 4.69) is 5.32 Å². The molecule has 0 bridgehead atoms. The molecule has 0 aliphatic heterocycles. The standard InChI is InChI=1S/C34H37N3O5S/c1-26(2)35-34(39)32(23-27-13-7-4-8-14-27)36(24-28-15-9-5-10-16-28)33(38)25-37(29-19-21-30(42-3)22-20-29)43(40,41)31-17-11-6-12-18-31/h4-22,26,32H,23-25H2,1-3H3,(H,35,39)/t32-/m1/s1. The van der Waals surface area contributed by atoms with Gasteiger partial charge in [0.05, 0.1) is 17.7 Å². The number of benzene rings is 4. The molecule has 0 fully saturated rings. The van der Waals surface area contributed by atoms with Gasteiger partial charge in [-0.1, -0.05) is 78.9 Å². The smallest absolute Gasteiger partial charge is 0.264 e. The van der Waals surface area contributed by atoms with Crippen molar-refractivity contribution in [1.29, 1.82) is 0 Å². The van der Waals surface area contributed by atoms with Crippen LogP contribution in [0.15, 0.2) is 120 Å². The number of carbonyl (C=O) groups excluding carboxylic acids is 2. The molecule has 0 heterocycles. The quantitative estimate of drug-likeness (QED) is 0.232. The highest BCUT2D eigenvalue weighted by Crippen LogP contribution is 2.27. The van der Waals surface area contributed by atoms with Crippen LogP contribution < -0.4 is 14.4 Å². The second-order valence-corrected chi connectivity index (χ2v) is 12.3. The fourth-order valence-corrected chi connectivity index (χ4v) is 6.15. The zero-order valence-corrected chi connectivity index (χ0v) is 25.4. The summed E-state index contributed by atoms with van der Waals surface area (Å²) in [5.41, 5.74) is 1.98. The monoisotopic (exact) mass is 599 g/mol. The zero-order valence-electron chi connectivity index (χ0n) is 24.6. The Kier molecular flexibility index (Phi) is 10.6. The first kappa shape index (κ1) is 31.3. The Morgan fingerprint density at radius 3 is 1.84 bits per heavy atom. The van der Waals surface area contributed by atoms with Gasteiger partial charge in [0, 0.05) is 19.0 Å². The Balaban J connectivity index is 1.78. The summed E-state index contributed by atoms with van der Waals surface area (Å²) in [7, 11) is -2.63. The van der Waals surface area contributed by atoms with Crippen molar-refractivity contribution in [2.45, 2.75) is 43.8 Å². The number of hydrogen-bond donors (Lipinski definition) is 1. The molecule has 0 aliphatic rings. The van der Waals surface area contributed by atoms with E-state index in [0.717, 1.165) is 15.4 Å². The summed E-state index contributed by atoms with van der Waals surface area (Å²) in [6.07, 6.45) is 0.256. The third kappa shape index (κ3) is 8.23. The largest absolute Gasteiger partial charge is 0.497 e. The van der Waals surface area contributed by atoms with Crippen molar-refractivity contribution >= 4 is 27.5 Å². The van der Waals surface area contributed by atoms with E-state index in [-0.39, 0.29) is 29.8 Å². The molecule has 0 saturated heterocycles. The van der Waals surface area contributed by atoms with Gasteiger partial charge in [0.1, 0.15) is 18.3 Å². The van der Waals surface area contributed by atoms with Gasteiger partial charge in [-0.2, -0.15) is 0 Å². The molecular weight excluding hydrogens is 562 g/mol. The molecule has 1 atom stereocenters. The summed E-state index contributed by atoms with van der Waals surface area (Å²) in [5, 5.41) is 2.96. The number of nitrogens with one attached hydrogen (secondary N) is 1. The summed E-state index contributed by atoms with van der Waals surface area (Å²) >= 11 is 0. The Morgan fingerprint density at radius 1 is 0.767 bits per heavy atom. The molecule has 0 unspecified atom stereocenters. The van der Waals surface area contributed by atoms with Gasteiger partial charge in [0.25, 0.3) is 10.0 Å². The second kappa shape index (κ2) is 14.5. The fourth-order valence-electron chi connectivity index (χ4n) is 4.71. The van der Waals surface area contributed by atoms with Crippen molar-refractivity contribution in [3.8, 4) is 5.75 Å². The first-order chi connectivity index (χ1) is 20.7. The zero-order chi connectivity index (χ0) is 30.8. The molecule has 4 aromatic carbocycles. The Labute approximate surface area is 254 Å². The molecule has 8 nitrogen and oxygen atoms in total. The topological polar surface area (TPSA) is 96.0 Å². The molecule has 2 amide bonds. The van der Waals surface area contributed by atoms with Gasteiger partial charge < -0.3 is 15.0 Å². The lowest BCUT2D eigenvalue weighted by Crippen LogP contribution is -2.54. The van der Waals surface area contributed by atoms with Crippen LogP contribution in [0.2, 0.25) is 0 Å². The Hall–Kier alpha value is -4.63. The third-order valence-electron chi connectivity index (χ3n) is 6.87. The number of nitrogens with zero attached hydrogens (tertiary/aromatic N) is 2. The van der Waals surface area contributed by atoms with E-state index in [1.807, 2.05) is 74.5 Å². The van der Waals surface area contributed by atoms with Gasteiger partial charge in [0.15, 0.2) is 0 Å². The lowest BCUT2D eigenvalue weighted by Gasteiger charge is -2.34. The third-order valence-corrected chi connectivity index (χ3v) is 8.66. The minimum absolute atomic E-state index is 0.0478. The van der Waals surface area contributed by atoms with Crippen LogP contribution in [0, 0.1) is 0 Å². The van der Waals surface area contributed by atoms with Crippen molar-refractivity contribution in [2.75, 3.05) is 18.0 Å². The maximum Gasteiger partial charge on any atom is 0.264 e. The van der Waals surface area contributed by atoms with E-state index < -0.39 is 28.5 Å².